The predicted molar refractivity (Wildman–Crippen MR) is 126 cm³/mol. The molecule has 0 radical (unpaired) electrons. The second-order valence-corrected chi connectivity index (χ2v) is 10.2. The van der Waals surface area contributed by atoms with E-state index >= 15 is 0 Å². The number of aryl methyl sites for hydroxylation is 1. The van der Waals surface area contributed by atoms with E-state index in [4.69, 9.17) is 0 Å². The first-order valence-corrected chi connectivity index (χ1v) is 12.4. The molecule has 0 spiro atoms. The van der Waals surface area contributed by atoms with Crippen LogP contribution in [-0.2, 0) is 14.8 Å². The molecule has 166 valence electrons. The first-order valence-electron chi connectivity index (χ1n) is 10.9. The fraction of sp³-hybridized carbons (Fsp3) is 0.269. The zero-order valence-corrected chi connectivity index (χ0v) is 19.0. The van der Waals surface area contributed by atoms with Crippen LogP contribution in [-0.4, -0.2) is 31.7 Å². The molecule has 0 saturated carbocycles. The van der Waals surface area contributed by atoms with E-state index in [0.717, 1.165) is 16.7 Å². The summed E-state index contributed by atoms with van der Waals surface area (Å²) in [4.78, 5) is 13.5. The summed E-state index contributed by atoms with van der Waals surface area (Å²) >= 11 is 0. The number of amides is 1. The van der Waals surface area contributed by atoms with Gasteiger partial charge in [0.15, 0.2) is 0 Å². The molecule has 4 rings (SSSR count). The van der Waals surface area contributed by atoms with Gasteiger partial charge in [-0.25, -0.2) is 8.42 Å². The number of piperidine rings is 1. The molecule has 1 atom stereocenters. The van der Waals surface area contributed by atoms with Gasteiger partial charge < -0.3 is 5.32 Å². The van der Waals surface area contributed by atoms with Crippen molar-refractivity contribution in [3.05, 3.63) is 102 Å². The van der Waals surface area contributed by atoms with Gasteiger partial charge in [0, 0.05) is 19.0 Å². The molecule has 1 aliphatic heterocycles. The first-order chi connectivity index (χ1) is 15.4. The Morgan fingerprint density at radius 3 is 2.09 bits per heavy atom. The summed E-state index contributed by atoms with van der Waals surface area (Å²) in [6, 6.07) is 26.3. The van der Waals surface area contributed by atoms with Gasteiger partial charge in [0.2, 0.25) is 15.9 Å². The SMILES string of the molecule is Cc1cccc(C(NC(=O)C2CCN(S(=O)(=O)c3ccccc3)CC2)c2ccccc2)c1. The van der Waals surface area contributed by atoms with E-state index in [0.29, 0.717) is 30.8 Å². The van der Waals surface area contributed by atoms with Crippen LogP contribution in [0.15, 0.2) is 89.8 Å². The Morgan fingerprint density at radius 2 is 1.47 bits per heavy atom. The zero-order valence-electron chi connectivity index (χ0n) is 18.1. The lowest BCUT2D eigenvalue weighted by Crippen LogP contribution is -2.43. The molecule has 1 heterocycles. The van der Waals surface area contributed by atoms with E-state index in [-0.39, 0.29) is 17.9 Å². The average molecular weight is 449 g/mol. The quantitative estimate of drug-likeness (QED) is 0.611. The standard InChI is InChI=1S/C26H28N2O3S/c1-20-9-8-12-23(19-20)25(21-10-4-2-5-11-21)27-26(29)22-15-17-28(18-16-22)32(30,31)24-13-6-3-7-14-24/h2-14,19,22,25H,15-18H2,1H3,(H,27,29). The molecule has 1 fully saturated rings. The maximum absolute atomic E-state index is 13.2. The smallest absolute Gasteiger partial charge is 0.243 e. The zero-order chi connectivity index (χ0) is 22.6. The Hall–Kier alpha value is -2.96. The number of sulfonamides is 1. The highest BCUT2D eigenvalue weighted by molar-refractivity contribution is 7.89. The lowest BCUT2D eigenvalue weighted by Gasteiger charge is -2.31. The molecular formula is C26H28N2O3S. The van der Waals surface area contributed by atoms with Crippen LogP contribution in [0.25, 0.3) is 0 Å². The topological polar surface area (TPSA) is 66.5 Å². The van der Waals surface area contributed by atoms with E-state index in [1.807, 2.05) is 55.5 Å². The molecule has 0 bridgehead atoms. The number of carbonyl (C=O) groups is 1. The number of nitrogens with one attached hydrogen (secondary N) is 1. The van der Waals surface area contributed by atoms with Crippen molar-refractivity contribution >= 4 is 15.9 Å². The number of hydrogen-bond donors (Lipinski definition) is 1. The van der Waals surface area contributed by atoms with Gasteiger partial charge in [-0.2, -0.15) is 4.31 Å². The van der Waals surface area contributed by atoms with Gasteiger partial charge in [0.25, 0.3) is 0 Å². The third-order valence-electron chi connectivity index (χ3n) is 6.00. The fourth-order valence-electron chi connectivity index (χ4n) is 4.21. The van der Waals surface area contributed by atoms with Gasteiger partial charge in [-0.3, -0.25) is 4.79 Å². The Balaban J connectivity index is 1.46. The average Bonchev–Trinajstić information content (AvgIpc) is 2.83. The van der Waals surface area contributed by atoms with Gasteiger partial charge in [-0.15, -0.1) is 0 Å². The van der Waals surface area contributed by atoms with Crippen molar-refractivity contribution in [2.75, 3.05) is 13.1 Å². The number of nitrogens with zero attached hydrogens (tertiary/aromatic N) is 1. The number of benzene rings is 3. The number of carbonyl (C=O) groups excluding carboxylic acids is 1. The number of rotatable bonds is 6. The predicted octanol–water partition coefficient (Wildman–Crippen LogP) is 4.30. The molecule has 1 N–H and O–H groups in total. The fourth-order valence-corrected chi connectivity index (χ4v) is 5.71. The summed E-state index contributed by atoms with van der Waals surface area (Å²) in [6.07, 6.45) is 1.01. The van der Waals surface area contributed by atoms with E-state index in [1.54, 1.807) is 30.3 Å². The van der Waals surface area contributed by atoms with Gasteiger partial charge in [0.1, 0.15) is 0 Å². The molecule has 5 nitrogen and oxygen atoms in total. The molecule has 1 unspecified atom stereocenters. The molecule has 6 heteroatoms. The Bertz CT molecular complexity index is 1160. The monoisotopic (exact) mass is 448 g/mol. The van der Waals surface area contributed by atoms with Crippen molar-refractivity contribution in [2.24, 2.45) is 5.92 Å². The molecule has 0 aromatic heterocycles. The van der Waals surface area contributed by atoms with Crippen LogP contribution in [0, 0.1) is 12.8 Å². The number of hydrogen-bond acceptors (Lipinski definition) is 3. The molecule has 0 aliphatic carbocycles. The Kier molecular flexibility index (Phi) is 6.72. The highest BCUT2D eigenvalue weighted by Crippen LogP contribution is 2.27. The van der Waals surface area contributed by atoms with E-state index < -0.39 is 10.0 Å². The third-order valence-corrected chi connectivity index (χ3v) is 7.91. The normalized spacial score (nSPS) is 16.4. The lowest BCUT2D eigenvalue weighted by molar-refractivity contribution is -0.126. The second kappa shape index (κ2) is 9.67. The Labute approximate surface area is 190 Å². The summed E-state index contributed by atoms with van der Waals surface area (Å²) in [6.45, 7) is 2.72. The maximum Gasteiger partial charge on any atom is 0.243 e. The summed E-state index contributed by atoms with van der Waals surface area (Å²) in [5, 5.41) is 3.22. The van der Waals surface area contributed by atoms with Crippen LogP contribution in [0.4, 0.5) is 0 Å². The molecular weight excluding hydrogens is 420 g/mol. The lowest BCUT2D eigenvalue weighted by atomic mass is 9.93. The summed E-state index contributed by atoms with van der Waals surface area (Å²) < 4.78 is 27.2. The molecule has 1 amide bonds. The van der Waals surface area contributed by atoms with Crippen molar-refractivity contribution in [3.8, 4) is 0 Å². The van der Waals surface area contributed by atoms with Gasteiger partial charge in [-0.1, -0.05) is 78.4 Å². The molecule has 32 heavy (non-hydrogen) atoms. The molecule has 3 aromatic carbocycles. The van der Waals surface area contributed by atoms with Crippen molar-refractivity contribution in [1.29, 1.82) is 0 Å². The maximum atomic E-state index is 13.2. The Morgan fingerprint density at radius 1 is 0.875 bits per heavy atom. The van der Waals surface area contributed by atoms with Crippen LogP contribution in [0.2, 0.25) is 0 Å². The van der Waals surface area contributed by atoms with Gasteiger partial charge in [-0.05, 0) is 43.0 Å². The summed E-state index contributed by atoms with van der Waals surface area (Å²) in [7, 11) is -3.52. The minimum Gasteiger partial charge on any atom is -0.345 e. The van der Waals surface area contributed by atoms with E-state index in [1.165, 1.54) is 4.31 Å². The molecule has 1 aliphatic rings. The largest absolute Gasteiger partial charge is 0.345 e. The summed E-state index contributed by atoms with van der Waals surface area (Å²) in [5.41, 5.74) is 3.20. The summed E-state index contributed by atoms with van der Waals surface area (Å²) in [5.74, 6) is -0.245. The molecule has 3 aromatic rings. The van der Waals surface area contributed by atoms with Crippen molar-refractivity contribution in [3.63, 3.8) is 0 Å². The van der Waals surface area contributed by atoms with Crippen molar-refractivity contribution < 1.29 is 13.2 Å². The second-order valence-electron chi connectivity index (χ2n) is 8.26. The van der Waals surface area contributed by atoms with Gasteiger partial charge in [0.05, 0.1) is 10.9 Å². The highest BCUT2D eigenvalue weighted by Gasteiger charge is 2.33. The van der Waals surface area contributed by atoms with Crippen LogP contribution in [0.1, 0.15) is 35.6 Å². The van der Waals surface area contributed by atoms with Crippen LogP contribution in [0.5, 0.6) is 0 Å². The minimum absolute atomic E-state index is 0.0304. The third kappa shape index (κ3) is 4.92. The van der Waals surface area contributed by atoms with Crippen LogP contribution >= 0.6 is 0 Å². The first kappa shape index (κ1) is 22.2. The van der Waals surface area contributed by atoms with Crippen molar-refractivity contribution in [1.82, 2.24) is 9.62 Å². The minimum atomic E-state index is -3.52. The van der Waals surface area contributed by atoms with E-state index in [2.05, 4.69) is 11.4 Å². The van der Waals surface area contributed by atoms with Crippen LogP contribution < -0.4 is 5.32 Å². The highest BCUT2D eigenvalue weighted by atomic mass is 32.2. The van der Waals surface area contributed by atoms with E-state index in [9.17, 15) is 13.2 Å². The van der Waals surface area contributed by atoms with Crippen molar-refractivity contribution in [2.45, 2.75) is 30.7 Å². The van der Waals surface area contributed by atoms with Gasteiger partial charge >= 0.3 is 0 Å². The van der Waals surface area contributed by atoms with Crippen LogP contribution in [0.3, 0.4) is 0 Å². The molecule has 1 saturated heterocycles.